The molecule has 3 saturated heterocycles. The number of piperidine rings is 1. The lowest BCUT2D eigenvalue weighted by atomic mass is 9.89. The van der Waals surface area contributed by atoms with Crippen LogP contribution in [0.2, 0.25) is 0 Å². The number of imide groups is 1. The van der Waals surface area contributed by atoms with Gasteiger partial charge in [-0.05, 0) is 80.1 Å². The van der Waals surface area contributed by atoms with Crippen molar-refractivity contribution in [2.75, 3.05) is 67.1 Å². The van der Waals surface area contributed by atoms with Gasteiger partial charge in [0.2, 0.25) is 5.91 Å². The molecule has 17 heteroatoms. The van der Waals surface area contributed by atoms with Crippen LogP contribution < -0.4 is 30.1 Å². The van der Waals surface area contributed by atoms with Crippen molar-refractivity contribution >= 4 is 46.1 Å². The Balaban J connectivity index is 0.730. The maximum absolute atomic E-state index is 13.0. The van der Waals surface area contributed by atoms with Gasteiger partial charge in [-0.25, -0.2) is 19.7 Å². The highest BCUT2D eigenvalue weighted by molar-refractivity contribution is 6.05. The topological polar surface area (TPSA) is 191 Å². The van der Waals surface area contributed by atoms with Crippen molar-refractivity contribution < 1.29 is 23.6 Å². The number of carbonyl (C=O) groups excluding carboxylic acids is 3. The van der Waals surface area contributed by atoms with Crippen LogP contribution in [0.3, 0.4) is 0 Å². The highest BCUT2D eigenvalue weighted by Crippen LogP contribution is 2.41. The standard InChI is InChI=1S/C48H54N12O5/c1-28-20-31(6-9-35(28)29(2)52-44(62)45-55-46(56-65-45)48(3,4)5)42-36-23-37(53-43(36)51-27-50-42)32-7-11-40(49-24-32)58-18-16-57(17-19-58)25-30-12-14-59-34(21-30)26-64-39-22-33(8-10-38(39)59)60-15-13-41(61)54-47(60)63/h6-11,20,22-24,27,29-30,34H,12-19,21,25-26H2,1-5H3,(H,52,62)(H,50,51,53)(H,54,61,63)/t29-,30-,34+/m1/s1. The second-order valence-electron chi connectivity index (χ2n) is 18.8. The summed E-state index contributed by atoms with van der Waals surface area (Å²) < 4.78 is 11.5. The first-order valence-electron chi connectivity index (χ1n) is 22.5. The second-order valence-corrected chi connectivity index (χ2v) is 18.8. The summed E-state index contributed by atoms with van der Waals surface area (Å²) in [5.74, 6) is 2.15. The SMILES string of the molecule is Cc1cc(-c2ncnc3[nH]c(-c4ccc(N5CCN(C[C@@H]6CCN7c8ccc(N9CCC(=O)NC9=O)cc8OC[C@@H]7C6)CC5)nc4)cc23)ccc1[C@@H](C)NC(=O)c1nc(C(C)(C)C)no1. The van der Waals surface area contributed by atoms with Crippen molar-refractivity contribution in [1.29, 1.82) is 0 Å². The largest absolute Gasteiger partial charge is 0.489 e. The number of piperazine rings is 1. The zero-order valence-corrected chi connectivity index (χ0v) is 37.4. The number of ether oxygens (including phenoxy) is 1. The number of anilines is 3. The van der Waals surface area contributed by atoms with Crippen molar-refractivity contribution in [3.63, 3.8) is 0 Å². The fourth-order valence-electron chi connectivity index (χ4n) is 9.64. The van der Waals surface area contributed by atoms with Crippen LogP contribution >= 0.6 is 0 Å². The normalized spacial score (nSPS) is 19.7. The van der Waals surface area contributed by atoms with E-state index in [1.54, 1.807) is 11.2 Å². The van der Waals surface area contributed by atoms with Gasteiger partial charge in [-0.15, -0.1) is 0 Å². The Kier molecular flexibility index (Phi) is 11.0. The number of pyridine rings is 1. The maximum Gasteiger partial charge on any atom is 0.328 e. The van der Waals surface area contributed by atoms with Crippen LogP contribution in [-0.2, 0) is 10.2 Å². The van der Waals surface area contributed by atoms with Gasteiger partial charge in [0.05, 0.1) is 23.5 Å². The number of nitrogens with one attached hydrogen (secondary N) is 3. The van der Waals surface area contributed by atoms with Gasteiger partial charge < -0.3 is 29.4 Å². The summed E-state index contributed by atoms with van der Waals surface area (Å²) in [7, 11) is 0. The molecule has 6 aromatic rings. The molecule has 2 aromatic carbocycles. The predicted octanol–water partition coefficient (Wildman–Crippen LogP) is 6.41. The van der Waals surface area contributed by atoms with Gasteiger partial charge in [0.15, 0.2) is 5.82 Å². The number of fused-ring (bicyclic) bond motifs is 4. The summed E-state index contributed by atoms with van der Waals surface area (Å²) in [5, 5.41) is 10.3. The number of carbonyl (C=O) groups is 3. The number of benzene rings is 2. The van der Waals surface area contributed by atoms with E-state index in [-0.39, 0.29) is 29.3 Å². The molecular formula is C48H54N12O5. The third kappa shape index (κ3) is 8.47. The van der Waals surface area contributed by atoms with E-state index in [9.17, 15) is 14.4 Å². The Bertz CT molecular complexity index is 2770. The number of rotatable bonds is 9. The van der Waals surface area contributed by atoms with Crippen molar-refractivity contribution in [3.05, 3.63) is 90.0 Å². The summed E-state index contributed by atoms with van der Waals surface area (Å²) in [6.45, 7) is 16.7. The number of H-pyrrole nitrogens is 1. The Morgan fingerprint density at radius 2 is 1.78 bits per heavy atom. The average molecular weight is 879 g/mol. The van der Waals surface area contributed by atoms with Crippen LogP contribution in [0.4, 0.5) is 22.0 Å². The molecule has 3 N–H and O–H groups in total. The quantitative estimate of drug-likeness (QED) is 0.145. The third-order valence-electron chi connectivity index (χ3n) is 13.2. The number of hydrogen-bond donors (Lipinski definition) is 3. The number of urea groups is 1. The predicted molar refractivity (Wildman–Crippen MR) is 246 cm³/mol. The van der Waals surface area contributed by atoms with E-state index in [0.29, 0.717) is 37.4 Å². The highest BCUT2D eigenvalue weighted by Gasteiger charge is 2.36. The van der Waals surface area contributed by atoms with Crippen LogP contribution in [0.5, 0.6) is 5.75 Å². The second kappa shape index (κ2) is 16.9. The van der Waals surface area contributed by atoms with Gasteiger partial charge in [0.1, 0.15) is 30.1 Å². The summed E-state index contributed by atoms with van der Waals surface area (Å²) in [5.41, 5.74) is 7.87. The molecule has 65 heavy (non-hydrogen) atoms. The summed E-state index contributed by atoms with van der Waals surface area (Å²) >= 11 is 0. The molecule has 0 radical (unpaired) electrons. The molecule has 336 valence electrons. The smallest absolute Gasteiger partial charge is 0.328 e. The lowest BCUT2D eigenvalue weighted by molar-refractivity contribution is -0.120. The molecule has 0 aliphatic carbocycles. The fraction of sp³-hybridized carbons (Fsp3) is 0.417. The number of aromatic nitrogens is 6. The molecule has 4 aromatic heterocycles. The number of aryl methyl sites for hydroxylation is 1. The van der Waals surface area contributed by atoms with Gasteiger partial charge in [-0.1, -0.05) is 38.1 Å². The van der Waals surface area contributed by atoms with Crippen molar-refractivity contribution in [2.24, 2.45) is 5.92 Å². The number of hydrogen-bond acceptors (Lipinski definition) is 13. The number of amides is 4. The Hall–Kier alpha value is -6.88. The molecule has 4 amide bonds. The third-order valence-corrected chi connectivity index (χ3v) is 13.2. The molecule has 0 unspecified atom stereocenters. The van der Waals surface area contributed by atoms with E-state index >= 15 is 0 Å². The molecule has 17 nitrogen and oxygen atoms in total. The molecule has 3 fully saturated rings. The number of nitrogens with zero attached hydrogens (tertiary/aromatic N) is 9. The van der Waals surface area contributed by atoms with E-state index in [4.69, 9.17) is 19.2 Å². The summed E-state index contributed by atoms with van der Waals surface area (Å²) in [6, 6.07) is 18.0. The van der Waals surface area contributed by atoms with Crippen LogP contribution in [0.25, 0.3) is 33.5 Å². The van der Waals surface area contributed by atoms with Gasteiger partial charge >= 0.3 is 17.8 Å². The van der Waals surface area contributed by atoms with Crippen LogP contribution in [-0.4, -0.2) is 111 Å². The lowest BCUT2D eigenvalue weighted by Gasteiger charge is -2.46. The molecule has 10 rings (SSSR count). The highest BCUT2D eigenvalue weighted by atomic mass is 16.5. The summed E-state index contributed by atoms with van der Waals surface area (Å²) in [4.78, 5) is 68.0. The summed E-state index contributed by atoms with van der Waals surface area (Å²) in [6.07, 6.45) is 6.00. The Morgan fingerprint density at radius 1 is 0.954 bits per heavy atom. The lowest BCUT2D eigenvalue weighted by Crippen LogP contribution is -2.52. The minimum Gasteiger partial charge on any atom is -0.489 e. The first-order valence-corrected chi connectivity index (χ1v) is 22.5. The van der Waals surface area contributed by atoms with Gasteiger partial charge in [0, 0.05) is 97.8 Å². The molecule has 0 saturated carbocycles. The first kappa shape index (κ1) is 42.1. The average Bonchev–Trinajstić information content (AvgIpc) is 3.99. The molecule has 0 spiro atoms. The van der Waals surface area contributed by atoms with Crippen LogP contribution in [0.1, 0.15) is 80.6 Å². The zero-order chi connectivity index (χ0) is 45.0. The van der Waals surface area contributed by atoms with Crippen molar-refractivity contribution in [2.45, 2.75) is 71.4 Å². The minimum absolute atomic E-state index is 0.0516. The fourth-order valence-corrected chi connectivity index (χ4v) is 9.64. The molecule has 0 bridgehead atoms. The first-order chi connectivity index (χ1) is 31.3. The van der Waals surface area contributed by atoms with E-state index in [0.717, 1.165) is 120 Å². The minimum atomic E-state index is -0.413. The zero-order valence-electron chi connectivity index (χ0n) is 37.4. The molecule has 3 atom stereocenters. The van der Waals surface area contributed by atoms with E-state index in [1.807, 2.05) is 65.1 Å². The van der Waals surface area contributed by atoms with Crippen LogP contribution in [0, 0.1) is 12.8 Å². The van der Waals surface area contributed by atoms with Crippen molar-refractivity contribution in [1.82, 2.24) is 45.6 Å². The Morgan fingerprint density at radius 3 is 2.54 bits per heavy atom. The molecule has 4 aliphatic heterocycles. The molecule has 8 heterocycles. The van der Waals surface area contributed by atoms with Gasteiger partial charge in [-0.3, -0.25) is 24.7 Å². The Labute approximate surface area is 377 Å². The van der Waals surface area contributed by atoms with Gasteiger partial charge in [0.25, 0.3) is 0 Å². The van der Waals surface area contributed by atoms with Crippen LogP contribution in [0.15, 0.2) is 71.6 Å². The monoisotopic (exact) mass is 878 g/mol. The maximum atomic E-state index is 13.0. The van der Waals surface area contributed by atoms with Gasteiger partial charge in [-0.2, -0.15) is 4.98 Å². The van der Waals surface area contributed by atoms with E-state index < -0.39 is 5.91 Å². The number of aromatic amines is 1. The van der Waals surface area contributed by atoms with E-state index in [1.165, 1.54) is 0 Å². The molecule has 4 aliphatic rings. The molecular weight excluding hydrogens is 825 g/mol. The van der Waals surface area contributed by atoms with E-state index in [2.05, 4.69) is 75.8 Å². The van der Waals surface area contributed by atoms with Crippen molar-refractivity contribution in [3.8, 4) is 28.3 Å².